The van der Waals surface area contributed by atoms with E-state index in [9.17, 15) is 0 Å². The Balaban J connectivity index is 1.40. The van der Waals surface area contributed by atoms with Crippen LogP contribution in [0.1, 0.15) is 17.7 Å². The number of aryl methyl sites for hydroxylation is 1. The number of rotatable bonds is 5. The van der Waals surface area contributed by atoms with Gasteiger partial charge in [0, 0.05) is 37.7 Å². The number of nitrogens with zero attached hydrogens (tertiary/aromatic N) is 3. The molecule has 0 amide bonds. The molecule has 132 valence electrons. The van der Waals surface area contributed by atoms with Gasteiger partial charge in [-0.1, -0.05) is 6.07 Å². The highest BCUT2D eigenvalue weighted by Gasteiger charge is 2.23. The molecule has 0 spiro atoms. The molecule has 6 heteroatoms. The Hall–Kier alpha value is -2.18. The van der Waals surface area contributed by atoms with E-state index in [2.05, 4.69) is 27.0 Å². The van der Waals surface area contributed by atoms with E-state index in [1.165, 1.54) is 5.56 Å². The fourth-order valence-corrected chi connectivity index (χ4v) is 3.36. The summed E-state index contributed by atoms with van der Waals surface area (Å²) in [6, 6.07) is 6.63. The zero-order valence-corrected chi connectivity index (χ0v) is 14.3. The first-order valence-electron chi connectivity index (χ1n) is 8.84. The van der Waals surface area contributed by atoms with Crippen molar-refractivity contribution in [2.75, 3.05) is 33.0 Å². The van der Waals surface area contributed by atoms with Gasteiger partial charge in [-0.2, -0.15) is 0 Å². The summed E-state index contributed by atoms with van der Waals surface area (Å²) in [6.45, 7) is 4.64. The highest BCUT2D eigenvalue weighted by Crippen LogP contribution is 2.31. The highest BCUT2D eigenvalue weighted by molar-refractivity contribution is 5.43. The lowest BCUT2D eigenvalue weighted by Gasteiger charge is -2.35. The van der Waals surface area contributed by atoms with Crippen LogP contribution in [0.25, 0.3) is 0 Å². The summed E-state index contributed by atoms with van der Waals surface area (Å²) in [5.41, 5.74) is 2.28. The van der Waals surface area contributed by atoms with E-state index < -0.39 is 0 Å². The van der Waals surface area contributed by atoms with Crippen molar-refractivity contribution < 1.29 is 14.2 Å². The number of fused-ring (bicyclic) bond motifs is 1. The van der Waals surface area contributed by atoms with Crippen molar-refractivity contribution in [2.45, 2.75) is 25.4 Å². The molecule has 3 heterocycles. The number of morpholine rings is 1. The third-order valence-electron chi connectivity index (χ3n) is 4.69. The van der Waals surface area contributed by atoms with E-state index in [0.717, 1.165) is 56.3 Å². The predicted molar refractivity (Wildman–Crippen MR) is 92.8 cm³/mol. The Labute approximate surface area is 147 Å². The molecule has 1 atom stereocenters. The first-order chi connectivity index (χ1) is 12.4. The monoisotopic (exact) mass is 341 g/mol. The molecule has 6 nitrogen and oxygen atoms in total. The maximum absolute atomic E-state index is 5.71. The van der Waals surface area contributed by atoms with Gasteiger partial charge in [0.1, 0.15) is 13.2 Å². The average molecular weight is 341 g/mol. The van der Waals surface area contributed by atoms with E-state index >= 15 is 0 Å². The molecule has 4 rings (SSSR count). The molecule has 2 aliphatic rings. The Bertz CT molecular complexity index is 696. The van der Waals surface area contributed by atoms with Crippen LogP contribution >= 0.6 is 0 Å². The minimum Gasteiger partial charge on any atom is -0.486 e. The van der Waals surface area contributed by atoms with Crippen LogP contribution < -0.4 is 9.47 Å². The van der Waals surface area contributed by atoms with Crippen molar-refractivity contribution in [3.05, 3.63) is 48.0 Å². The molecule has 0 saturated carbocycles. The quantitative estimate of drug-likeness (QED) is 0.830. The fraction of sp³-hybridized carbons (Fsp3) is 0.474. The van der Waals surface area contributed by atoms with Gasteiger partial charge in [-0.3, -0.25) is 14.9 Å². The van der Waals surface area contributed by atoms with Crippen LogP contribution in [0.15, 0.2) is 36.8 Å². The van der Waals surface area contributed by atoms with Crippen LogP contribution in [0.3, 0.4) is 0 Å². The molecular formula is C19H23N3O3. The van der Waals surface area contributed by atoms with Crippen LogP contribution in [0.2, 0.25) is 0 Å². The minimum absolute atomic E-state index is 0.393. The third kappa shape index (κ3) is 4.08. The topological polar surface area (TPSA) is 56.7 Å². The summed E-state index contributed by atoms with van der Waals surface area (Å²) in [7, 11) is 0. The SMILES string of the molecule is c1cnc(CC[C@H]2COCCN2Cc2ccc3c(c2)OCCO3)cn1. The van der Waals surface area contributed by atoms with Gasteiger partial charge in [-0.05, 0) is 30.5 Å². The fourth-order valence-electron chi connectivity index (χ4n) is 3.36. The van der Waals surface area contributed by atoms with E-state index in [-0.39, 0.29) is 0 Å². The summed E-state index contributed by atoms with van der Waals surface area (Å²) in [5, 5.41) is 0. The minimum atomic E-state index is 0.393. The van der Waals surface area contributed by atoms with Crippen molar-refractivity contribution in [3.63, 3.8) is 0 Å². The summed E-state index contributed by atoms with van der Waals surface area (Å²) >= 11 is 0. The maximum Gasteiger partial charge on any atom is 0.161 e. The molecule has 1 fully saturated rings. The predicted octanol–water partition coefficient (Wildman–Crippen LogP) is 2.08. The maximum atomic E-state index is 5.71. The van der Waals surface area contributed by atoms with Crippen LogP contribution in [-0.4, -0.2) is 53.9 Å². The molecule has 2 aliphatic heterocycles. The largest absolute Gasteiger partial charge is 0.486 e. The van der Waals surface area contributed by atoms with E-state index in [1.54, 1.807) is 12.4 Å². The van der Waals surface area contributed by atoms with Crippen molar-refractivity contribution in [3.8, 4) is 11.5 Å². The Morgan fingerprint density at radius 1 is 1.08 bits per heavy atom. The van der Waals surface area contributed by atoms with Crippen molar-refractivity contribution >= 4 is 0 Å². The number of aromatic nitrogens is 2. The molecule has 0 unspecified atom stereocenters. The van der Waals surface area contributed by atoms with Crippen molar-refractivity contribution in [1.29, 1.82) is 0 Å². The third-order valence-corrected chi connectivity index (χ3v) is 4.69. The Morgan fingerprint density at radius 3 is 2.88 bits per heavy atom. The lowest BCUT2D eigenvalue weighted by atomic mass is 10.1. The molecule has 0 bridgehead atoms. The smallest absolute Gasteiger partial charge is 0.161 e. The first kappa shape index (κ1) is 16.3. The first-order valence-corrected chi connectivity index (χ1v) is 8.84. The van der Waals surface area contributed by atoms with E-state index in [1.807, 2.05) is 12.3 Å². The van der Waals surface area contributed by atoms with Gasteiger partial charge >= 0.3 is 0 Å². The molecular weight excluding hydrogens is 318 g/mol. The van der Waals surface area contributed by atoms with Gasteiger partial charge in [0.2, 0.25) is 0 Å². The lowest BCUT2D eigenvalue weighted by Crippen LogP contribution is -2.45. The van der Waals surface area contributed by atoms with Gasteiger partial charge in [-0.15, -0.1) is 0 Å². The second kappa shape index (κ2) is 7.80. The van der Waals surface area contributed by atoms with Gasteiger partial charge < -0.3 is 14.2 Å². The molecule has 0 radical (unpaired) electrons. The lowest BCUT2D eigenvalue weighted by molar-refractivity contribution is -0.0144. The number of hydrogen-bond donors (Lipinski definition) is 0. The Morgan fingerprint density at radius 2 is 2.00 bits per heavy atom. The summed E-state index contributed by atoms with van der Waals surface area (Å²) in [4.78, 5) is 11.0. The average Bonchev–Trinajstić information content (AvgIpc) is 2.68. The normalized spacial score (nSPS) is 20.4. The molecule has 25 heavy (non-hydrogen) atoms. The van der Waals surface area contributed by atoms with Gasteiger partial charge in [0.05, 0.1) is 18.9 Å². The number of ether oxygens (including phenoxy) is 3. The molecule has 1 saturated heterocycles. The van der Waals surface area contributed by atoms with Crippen molar-refractivity contribution in [1.82, 2.24) is 14.9 Å². The van der Waals surface area contributed by atoms with Gasteiger partial charge in [-0.25, -0.2) is 0 Å². The zero-order chi connectivity index (χ0) is 16.9. The Kier molecular flexibility index (Phi) is 5.09. The number of hydrogen-bond acceptors (Lipinski definition) is 6. The van der Waals surface area contributed by atoms with E-state index in [0.29, 0.717) is 19.3 Å². The van der Waals surface area contributed by atoms with E-state index in [4.69, 9.17) is 14.2 Å². The molecule has 0 aliphatic carbocycles. The second-order valence-corrected chi connectivity index (χ2v) is 6.41. The molecule has 0 N–H and O–H groups in total. The van der Waals surface area contributed by atoms with Crippen LogP contribution in [0.4, 0.5) is 0 Å². The standard InChI is InChI=1S/C19H23N3O3/c1-4-18-19(25-10-9-24-18)11-15(1)13-22-7-8-23-14-17(22)3-2-16-12-20-5-6-21-16/h1,4-6,11-12,17H,2-3,7-10,13-14H2/t17-/m0/s1. The van der Waals surface area contributed by atoms with Gasteiger partial charge in [0.25, 0.3) is 0 Å². The summed E-state index contributed by atoms with van der Waals surface area (Å²) in [5.74, 6) is 1.70. The van der Waals surface area contributed by atoms with Crippen LogP contribution in [-0.2, 0) is 17.7 Å². The molecule has 1 aromatic heterocycles. The van der Waals surface area contributed by atoms with Crippen LogP contribution in [0, 0.1) is 0 Å². The molecule has 1 aromatic carbocycles. The van der Waals surface area contributed by atoms with Crippen LogP contribution in [0.5, 0.6) is 11.5 Å². The highest BCUT2D eigenvalue weighted by atomic mass is 16.6. The number of benzene rings is 1. The summed E-state index contributed by atoms with van der Waals surface area (Å²) in [6.07, 6.45) is 7.23. The summed E-state index contributed by atoms with van der Waals surface area (Å²) < 4.78 is 17.0. The molecule has 2 aromatic rings. The zero-order valence-electron chi connectivity index (χ0n) is 14.3. The van der Waals surface area contributed by atoms with Gasteiger partial charge in [0.15, 0.2) is 11.5 Å². The second-order valence-electron chi connectivity index (χ2n) is 6.41. The van der Waals surface area contributed by atoms with Crippen molar-refractivity contribution in [2.24, 2.45) is 0 Å².